The van der Waals surface area contributed by atoms with Gasteiger partial charge in [0.15, 0.2) is 13.2 Å². The number of halogens is 2. The zero-order valence-electron chi connectivity index (χ0n) is 16.5. The van der Waals surface area contributed by atoms with E-state index in [-0.39, 0.29) is 13.2 Å². The van der Waals surface area contributed by atoms with E-state index in [0.717, 1.165) is 37.3 Å². The van der Waals surface area contributed by atoms with Crippen LogP contribution in [-0.4, -0.2) is 49.2 Å². The van der Waals surface area contributed by atoms with Gasteiger partial charge in [0.1, 0.15) is 23.6 Å². The van der Waals surface area contributed by atoms with Crippen molar-refractivity contribution in [2.45, 2.75) is 13.1 Å². The van der Waals surface area contributed by atoms with Gasteiger partial charge in [-0.05, 0) is 36.4 Å². The van der Waals surface area contributed by atoms with Crippen LogP contribution in [0.4, 0.5) is 0 Å². The van der Waals surface area contributed by atoms with Crippen molar-refractivity contribution in [3.8, 4) is 23.6 Å². The Kier molecular flexibility index (Phi) is 8.19. The summed E-state index contributed by atoms with van der Waals surface area (Å²) in [6, 6.07) is 15.0. The van der Waals surface area contributed by atoms with Crippen molar-refractivity contribution in [2.24, 2.45) is 0 Å². The lowest BCUT2D eigenvalue weighted by Gasteiger charge is -2.35. The van der Waals surface area contributed by atoms with Crippen molar-refractivity contribution >= 4 is 23.2 Å². The number of ether oxygens (including phenoxy) is 2. The van der Waals surface area contributed by atoms with Gasteiger partial charge in [-0.1, -0.05) is 23.2 Å². The smallest absolute Gasteiger partial charge is 0.174 e. The van der Waals surface area contributed by atoms with Gasteiger partial charge < -0.3 is 9.47 Å². The third-order valence-electron chi connectivity index (χ3n) is 4.88. The fourth-order valence-corrected chi connectivity index (χ4v) is 3.82. The number of nitriles is 2. The van der Waals surface area contributed by atoms with E-state index in [0.29, 0.717) is 34.6 Å². The molecule has 8 heteroatoms. The molecule has 30 heavy (non-hydrogen) atoms. The van der Waals surface area contributed by atoms with Gasteiger partial charge in [-0.3, -0.25) is 9.80 Å². The van der Waals surface area contributed by atoms with Crippen LogP contribution in [0.5, 0.6) is 11.5 Å². The normalized spacial score (nSPS) is 14.7. The molecule has 3 rings (SSSR count). The van der Waals surface area contributed by atoms with Gasteiger partial charge in [-0.2, -0.15) is 10.5 Å². The van der Waals surface area contributed by atoms with Crippen LogP contribution in [0.2, 0.25) is 10.0 Å². The highest BCUT2D eigenvalue weighted by molar-refractivity contribution is 6.31. The molecule has 2 aromatic rings. The Morgan fingerprint density at radius 1 is 0.733 bits per heavy atom. The summed E-state index contributed by atoms with van der Waals surface area (Å²) in [6.45, 7) is 5.00. The molecule has 1 saturated heterocycles. The van der Waals surface area contributed by atoms with E-state index < -0.39 is 0 Å². The van der Waals surface area contributed by atoms with Crippen molar-refractivity contribution in [2.75, 3.05) is 39.4 Å². The Labute approximate surface area is 186 Å². The molecule has 0 saturated carbocycles. The van der Waals surface area contributed by atoms with E-state index in [1.807, 2.05) is 36.4 Å². The van der Waals surface area contributed by atoms with Crippen LogP contribution in [0.15, 0.2) is 36.4 Å². The fraction of sp³-hybridized carbons (Fsp3) is 0.364. The summed E-state index contributed by atoms with van der Waals surface area (Å²) in [5.41, 5.74) is 1.96. The van der Waals surface area contributed by atoms with Crippen molar-refractivity contribution in [3.63, 3.8) is 0 Å². The minimum absolute atomic E-state index is 0.0122. The van der Waals surface area contributed by atoms with Crippen LogP contribution in [0.3, 0.4) is 0 Å². The van der Waals surface area contributed by atoms with E-state index in [1.165, 1.54) is 0 Å². The Morgan fingerprint density at radius 2 is 1.13 bits per heavy atom. The van der Waals surface area contributed by atoms with Crippen molar-refractivity contribution in [1.82, 2.24) is 9.80 Å². The number of piperazine rings is 1. The minimum Gasteiger partial charge on any atom is -0.478 e. The highest BCUT2D eigenvalue weighted by Crippen LogP contribution is 2.27. The molecule has 1 heterocycles. The highest BCUT2D eigenvalue weighted by atomic mass is 35.5. The minimum atomic E-state index is 0.0122. The van der Waals surface area contributed by atoms with Crippen molar-refractivity contribution in [1.29, 1.82) is 10.5 Å². The van der Waals surface area contributed by atoms with Crippen LogP contribution in [0, 0.1) is 22.7 Å². The Hall–Kier alpha value is -2.48. The topological polar surface area (TPSA) is 72.5 Å². The first-order valence-corrected chi connectivity index (χ1v) is 10.4. The molecule has 0 unspecified atom stereocenters. The monoisotopic (exact) mass is 444 g/mol. The second-order valence-electron chi connectivity index (χ2n) is 6.95. The summed E-state index contributed by atoms with van der Waals surface area (Å²) < 4.78 is 11.1. The molecule has 1 aliphatic rings. The number of nitrogens with zero attached hydrogens (tertiary/aromatic N) is 4. The highest BCUT2D eigenvalue weighted by Gasteiger charge is 2.20. The predicted octanol–water partition coefficient (Wildman–Crippen LogP) is 4.12. The molecule has 156 valence electrons. The predicted molar refractivity (Wildman–Crippen MR) is 116 cm³/mol. The third-order valence-corrected chi connectivity index (χ3v) is 5.35. The number of benzene rings is 2. The number of hydrogen-bond acceptors (Lipinski definition) is 6. The molecule has 0 aliphatic carbocycles. The first kappa shape index (κ1) is 22.2. The Balaban J connectivity index is 1.59. The van der Waals surface area contributed by atoms with E-state index in [1.54, 1.807) is 12.1 Å². The van der Waals surface area contributed by atoms with Crippen LogP contribution in [-0.2, 0) is 13.1 Å². The third kappa shape index (κ3) is 6.26. The maximum atomic E-state index is 8.78. The Bertz CT molecular complexity index is 870. The molecular formula is C22H22Cl2N4O2. The van der Waals surface area contributed by atoms with E-state index in [9.17, 15) is 0 Å². The van der Waals surface area contributed by atoms with Gasteiger partial charge in [-0.15, -0.1) is 0 Å². The van der Waals surface area contributed by atoms with Crippen LogP contribution in [0.1, 0.15) is 11.1 Å². The van der Waals surface area contributed by atoms with Gasteiger partial charge in [0.05, 0.1) is 0 Å². The average Bonchev–Trinajstić information content (AvgIpc) is 2.74. The van der Waals surface area contributed by atoms with Gasteiger partial charge in [0, 0.05) is 60.4 Å². The molecule has 0 amide bonds. The standard InChI is InChI=1S/C22H22Cl2N4O2/c23-19-1-3-21(29-11-5-25)17(13-19)15-27-7-9-28(10-8-27)16-18-14-20(24)2-4-22(18)30-12-6-26/h1-4,13-14H,7-12,15-16H2. The summed E-state index contributed by atoms with van der Waals surface area (Å²) in [4.78, 5) is 4.68. The van der Waals surface area contributed by atoms with Crippen molar-refractivity contribution < 1.29 is 9.47 Å². The lowest BCUT2D eigenvalue weighted by Crippen LogP contribution is -2.45. The molecule has 0 radical (unpaired) electrons. The number of hydrogen-bond donors (Lipinski definition) is 0. The molecular weight excluding hydrogens is 423 g/mol. The van der Waals surface area contributed by atoms with E-state index in [2.05, 4.69) is 9.80 Å². The molecule has 1 fully saturated rings. The SMILES string of the molecule is N#CCOc1ccc(Cl)cc1CN1CCN(Cc2cc(Cl)ccc2OCC#N)CC1. The molecule has 0 N–H and O–H groups in total. The molecule has 0 atom stereocenters. The lowest BCUT2D eigenvalue weighted by molar-refractivity contribution is 0.120. The molecule has 6 nitrogen and oxygen atoms in total. The summed E-state index contributed by atoms with van der Waals surface area (Å²) >= 11 is 12.3. The quantitative estimate of drug-likeness (QED) is 0.609. The fourth-order valence-electron chi connectivity index (χ4n) is 3.43. The van der Waals surface area contributed by atoms with E-state index >= 15 is 0 Å². The maximum Gasteiger partial charge on any atom is 0.174 e. The number of rotatable bonds is 8. The Morgan fingerprint density at radius 3 is 1.50 bits per heavy atom. The zero-order valence-corrected chi connectivity index (χ0v) is 18.0. The summed E-state index contributed by atoms with van der Waals surface area (Å²) in [5, 5.41) is 18.9. The lowest BCUT2D eigenvalue weighted by atomic mass is 10.1. The molecule has 2 aromatic carbocycles. The second-order valence-corrected chi connectivity index (χ2v) is 7.82. The summed E-state index contributed by atoms with van der Waals surface area (Å²) in [6.07, 6.45) is 0. The molecule has 0 bridgehead atoms. The molecule has 0 spiro atoms. The average molecular weight is 445 g/mol. The largest absolute Gasteiger partial charge is 0.478 e. The zero-order chi connectivity index (χ0) is 21.3. The van der Waals surface area contributed by atoms with Crippen LogP contribution in [0.25, 0.3) is 0 Å². The maximum absolute atomic E-state index is 8.78. The van der Waals surface area contributed by atoms with Crippen molar-refractivity contribution in [3.05, 3.63) is 57.6 Å². The first-order chi connectivity index (χ1) is 14.6. The van der Waals surface area contributed by atoms with Crippen LogP contribution >= 0.6 is 23.2 Å². The van der Waals surface area contributed by atoms with Gasteiger partial charge >= 0.3 is 0 Å². The first-order valence-electron chi connectivity index (χ1n) is 9.60. The van der Waals surface area contributed by atoms with Gasteiger partial charge in [-0.25, -0.2) is 0 Å². The molecule has 0 aromatic heterocycles. The van der Waals surface area contributed by atoms with Crippen LogP contribution < -0.4 is 9.47 Å². The summed E-state index contributed by atoms with van der Waals surface area (Å²) in [5.74, 6) is 1.39. The summed E-state index contributed by atoms with van der Waals surface area (Å²) in [7, 11) is 0. The van der Waals surface area contributed by atoms with Gasteiger partial charge in [0.25, 0.3) is 0 Å². The molecule has 1 aliphatic heterocycles. The van der Waals surface area contributed by atoms with E-state index in [4.69, 9.17) is 43.2 Å². The second kappa shape index (κ2) is 11.1. The van der Waals surface area contributed by atoms with Gasteiger partial charge in [0.2, 0.25) is 0 Å².